The fourth-order valence-electron chi connectivity index (χ4n) is 2.09. The Morgan fingerprint density at radius 2 is 2.05 bits per heavy atom. The number of ether oxygens (including phenoxy) is 2. The third-order valence-corrected chi connectivity index (χ3v) is 3.35. The van der Waals surface area contributed by atoms with Gasteiger partial charge in [0.2, 0.25) is 5.91 Å². The normalized spacial score (nSPS) is 15.3. The van der Waals surface area contributed by atoms with Gasteiger partial charge in [-0.05, 0) is 24.6 Å². The van der Waals surface area contributed by atoms with Crippen molar-refractivity contribution in [2.75, 3.05) is 26.8 Å². The van der Waals surface area contributed by atoms with Gasteiger partial charge in [0.05, 0.1) is 13.2 Å². The number of rotatable bonds is 5. The first kappa shape index (κ1) is 14.7. The molecule has 20 heavy (non-hydrogen) atoms. The van der Waals surface area contributed by atoms with Crippen LogP contribution >= 0.6 is 0 Å². The van der Waals surface area contributed by atoms with Crippen molar-refractivity contribution >= 4 is 5.91 Å². The molecule has 0 saturated carbocycles. The first-order valence-electron chi connectivity index (χ1n) is 7.04. The Hall–Kier alpha value is -1.75. The standard InChI is InChI=1S/C15H22N2O3/c1-11(17-7-6-15(18)16-2)12-4-5-13-14(10-12)20-9-3-8-19-13/h4-5,10-11,17H,3,6-9H2,1-2H3,(H,16,18). The van der Waals surface area contributed by atoms with E-state index in [-0.39, 0.29) is 11.9 Å². The van der Waals surface area contributed by atoms with Crippen LogP contribution in [0, 0.1) is 0 Å². The molecule has 2 rings (SSSR count). The second-order valence-corrected chi connectivity index (χ2v) is 4.86. The zero-order chi connectivity index (χ0) is 14.4. The molecule has 1 heterocycles. The summed E-state index contributed by atoms with van der Waals surface area (Å²) < 4.78 is 11.3. The molecule has 1 amide bonds. The van der Waals surface area contributed by atoms with Gasteiger partial charge in [0.15, 0.2) is 11.5 Å². The lowest BCUT2D eigenvalue weighted by Crippen LogP contribution is -2.26. The Kier molecular flexibility index (Phi) is 5.24. The second kappa shape index (κ2) is 7.14. The molecular weight excluding hydrogens is 256 g/mol. The number of amides is 1. The number of fused-ring (bicyclic) bond motifs is 1. The number of carbonyl (C=O) groups excluding carboxylic acids is 1. The lowest BCUT2D eigenvalue weighted by molar-refractivity contribution is -0.120. The van der Waals surface area contributed by atoms with Crippen LogP contribution in [0.2, 0.25) is 0 Å². The van der Waals surface area contributed by atoms with Gasteiger partial charge in [-0.1, -0.05) is 6.07 Å². The lowest BCUT2D eigenvalue weighted by Gasteiger charge is -2.16. The van der Waals surface area contributed by atoms with Crippen LogP contribution in [-0.4, -0.2) is 32.7 Å². The van der Waals surface area contributed by atoms with E-state index in [4.69, 9.17) is 9.47 Å². The maximum Gasteiger partial charge on any atom is 0.221 e. The minimum Gasteiger partial charge on any atom is -0.490 e. The van der Waals surface area contributed by atoms with Crippen LogP contribution in [0.15, 0.2) is 18.2 Å². The van der Waals surface area contributed by atoms with E-state index in [9.17, 15) is 4.79 Å². The first-order chi connectivity index (χ1) is 9.70. The van der Waals surface area contributed by atoms with Crippen molar-refractivity contribution in [3.05, 3.63) is 23.8 Å². The van der Waals surface area contributed by atoms with Gasteiger partial charge in [-0.3, -0.25) is 4.79 Å². The maximum atomic E-state index is 11.2. The largest absolute Gasteiger partial charge is 0.490 e. The Morgan fingerprint density at radius 3 is 2.80 bits per heavy atom. The number of nitrogens with one attached hydrogen (secondary N) is 2. The van der Waals surface area contributed by atoms with Crippen molar-refractivity contribution in [2.24, 2.45) is 0 Å². The van der Waals surface area contributed by atoms with Gasteiger partial charge < -0.3 is 20.1 Å². The molecule has 5 nitrogen and oxygen atoms in total. The van der Waals surface area contributed by atoms with Crippen LogP contribution in [0.1, 0.15) is 31.4 Å². The number of hydrogen-bond donors (Lipinski definition) is 2. The summed E-state index contributed by atoms with van der Waals surface area (Å²) in [6.07, 6.45) is 1.38. The monoisotopic (exact) mass is 278 g/mol. The number of benzene rings is 1. The van der Waals surface area contributed by atoms with Gasteiger partial charge in [0.25, 0.3) is 0 Å². The average Bonchev–Trinajstić information content (AvgIpc) is 2.71. The lowest BCUT2D eigenvalue weighted by atomic mass is 10.1. The summed E-state index contributed by atoms with van der Waals surface area (Å²) in [5, 5.41) is 5.94. The predicted molar refractivity (Wildman–Crippen MR) is 77.2 cm³/mol. The van der Waals surface area contributed by atoms with Crippen LogP contribution in [0.5, 0.6) is 11.5 Å². The fraction of sp³-hybridized carbons (Fsp3) is 0.533. The molecule has 0 aliphatic carbocycles. The Bertz CT molecular complexity index is 462. The van der Waals surface area contributed by atoms with Gasteiger partial charge >= 0.3 is 0 Å². The highest BCUT2D eigenvalue weighted by molar-refractivity contribution is 5.75. The third-order valence-electron chi connectivity index (χ3n) is 3.35. The van der Waals surface area contributed by atoms with Crippen molar-refractivity contribution in [3.8, 4) is 11.5 Å². The van der Waals surface area contributed by atoms with E-state index in [2.05, 4.69) is 17.6 Å². The molecule has 0 radical (unpaired) electrons. The molecule has 1 aliphatic heterocycles. The molecule has 1 aromatic carbocycles. The summed E-state index contributed by atoms with van der Waals surface area (Å²) in [4.78, 5) is 11.2. The van der Waals surface area contributed by atoms with E-state index in [1.807, 2.05) is 18.2 Å². The summed E-state index contributed by atoms with van der Waals surface area (Å²) in [5.74, 6) is 1.66. The topological polar surface area (TPSA) is 59.6 Å². The van der Waals surface area contributed by atoms with Crippen molar-refractivity contribution in [1.82, 2.24) is 10.6 Å². The highest BCUT2D eigenvalue weighted by Gasteiger charge is 2.13. The summed E-state index contributed by atoms with van der Waals surface area (Å²) >= 11 is 0. The van der Waals surface area contributed by atoms with Crippen LogP contribution in [0.4, 0.5) is 0 Å². The molecule has 1 aliphatic rings. The van der Waals surface area contributed by atoms with Crippen molar-refractivity contribution in [3.63, 3.8) is 0 Å². The van der Waals surface area contributed by atoms with E-state index >= 15 is 0 Å². The SMILES string of the molecule is CNC(=O)CCNC(C)c1ccc2c(c1)OCCCO2. The Labute approximate surface area is 119 Å². The molecule has 5 heteroatoms. The molecular formula is C15H22N2O3. The number of carbonyl (C=O) groups is 1. The van der Waals surface area contributed by atoms with Crippen LogP contribution in [0.25, 0.3) is 0 Å². The first-order valence-corrected chi connectivity index (χ1v) is 7.04. The smallest absolute Gasteiger partial charge is 0.221 e. The highest BCUT2D eigenvalue weighted by Crippen LogP contribution is 2.32. The molecule has 2 N–H and O–H groups in total. The van der Waals surface area contributed by atoms with E-state index in [0.29, 0.717) is 26.2 Å². The Morgan fingerprint density at radius 1 is 1.30 bits per heavy atom. The second-order valence-electron chi connectivity index (χ2n) is 4.86. The zero-order valence-corrected chi connectivity index (χ0v) is 12.1. The van der Waals surface area contributed by atoms with Gasteiger partial charge in [-0.15, -0.1) is 0 Å². The average molecular weight is 278 g/mol. The highest BCUT2D eigenvalue weighted by atomic mass is 16.5. The van der Waals surface area contributed by atoms with Crippen molar-refractivity contribution in [1.29, 1.82) is 0 Å². The van der Waals surface area contributed by atoms with E-state index in [1.54, 1.807) is 7.05 Å². The van der Waals surface area contributed by atoms with Crippen LogP contribution in [-0.2, 0) is 4.79 Å². The van der Waals surface area contributed by atoms with Crippen molar-refractivity contribution in [2.45, 2.75) is 25.8 Å². The molecule has 1 atom stereocenters. The molecule has 0 aromatic heterocycles. The zero-order valence-electron chi connectivity index (χ0n) is 12.1. The van der Waals surface area contributed by atoms with Gasteiger partial charge in [0.1, 0.15) is 0 Å². The third kappa shape index (κ3) is 3.87. The predicted octanol–water partition coefficient (Wildman–Crippen LogP) is 1.63. The van der Waals surface area contributed by atoms with E-state index in [0.717, 1.165) is 23.5 Å². The molecule has 0 fully saturated rings. The number of hydrogen-bond acceptors (Lipinski definition) is 4. The van der Waals surface area contributed by atoms with Crippen LogP contribution in [0.3, 0.4) is 0 Å². The quantitative estimate of drug-likeness (QED) is 0.859. The summed E-state index contributed by atoms with van der Waals surface area (Å²) in [7, 11) is 1.65. The Balaban J connectivity index is 1.94. The van der Waals surface area contributed by atoms with Crippen LogP contribution < -0.4 is 20.1 Å². The molecule has 1 aromatic rings. The summed E-state index contributed by atoms with van der Waals surface area (Å²) in [6, 6.07) is 6.16. The van der Waals surface area contributed by atoms with E-state index < -0.39 is 0 Å². The minimum atomic E-state index is 0.0448. The summed E-state index contributed by atoms with van der Waals surface area (Å²) in [5.41, 5.74) is 1.13. The molecule has 0 saturated heterocycles. The van der Waals surface area contributed by atoms with Gasteiger partial charge in [0, 0.05) is 32.5 Å². The minimum absolute atomic E-state index is 0.0448. The molecule has 0 bridgehead atoms. The summed E-state index contributed by atoms with van der Waals surface area (Å²) in [6.45, 7) is 4.11. The molecule has 110 valence electrons. The van der Waals surface area contributed by atoms with E-state index in [1.165, 1.54) is 0 Å². The fourth-order valence-corrected chi connectivity index (χ4v) is 2.09. The molecule has 1 unspecified atom stereocenters. The van der Waals surface area contributed by atoms with Gasteiger partial charge in [-0.25, -0.2) is 0 Å². The molecule has 0 spiro atoms. The maximum absolute atomic E-state index is 11.2. The van der Waals surface area contributed by atoms with Crippen molar-refractivity contribution < 1.29 is 14.3 Å². The van der Waals surface area contributed by atoms with Gasteiger partial charge in [-0.2, -0.15) is 0 Å².